The first kappa shape index (κ1) is 16.7. The van der Waals surface area contributed by atoms with E-state index in [9.17, 15) is 9.59 Å². The molecule has 2 rings (SSSR count). The number of rotatable bonds is 7. The van der Waals surface area contributed by atoms with Crippen LogP contribution in [0.3, 0.4) is 0 Å². The molecule has 120 valence electrons. The Morgan fingerprint density at radius 1 is 1.35 bits per heavy atom. The monoisotopic (exact) mass is 314 g/mol. The predicted octanol–water partition coefficient (Wildman–Crippen LogP) is 1.67. The second kappa shape index (κ2) is 8.11. The number of carbonyl (C=O) groups is 2. The molecule has 1 aliphatic carbocycles. The summed E-state index contributed by atoms with van der Waals surface area (Å²) in [4.78, 5) is 23.4. The minimum atomic E-state index is -0.450. The van der Waals surface area contributed by atoms with E-state index in [4.69, 9.17) is 14.7 Å². The molecule has 0 unspecified atom stereocenters. The van der Waals surface area contributed by atoms with Gasteiger partial charge >= 0.3 is 5.97 Å². The minimum absolute atomic E-state index is 0.00354. The lowest BCUT2D eigenvalue weighted by Crippen LogP contribution is -2.27. The molecule has 1 amide bonds. The molecule has 0 bridgehead atoms. The van der Waals surface area contributed by atoms with Crippen LogP contribution in [-0.2, 0) is 14.3 Å². The van der Waals surface area contributed by atoms with Crippen molar-refractivity contribution in [3.05, 3.63) is 35.4 Å². The maximum atomic E-state index is 11.8. The number of nitriles is 1. The zero-order valence-corrected chi connectivity index (χ0v) is 12.9. The summed E-state index contributed by atoms with van der Waals surface area (Å²) in [5, 5.41) is 11.7. The molecule has 0 aromatic heterocycles. The second-order valence-electron chi connectivity index (χ2n) is 5.18. The van der Waals surface area contributed by atoms with Crippen molar-refractivity contribution >= 4 is 18.0 Å². The highest BCUT2D eigenvalue weighted by molar-refractivity contribution is 6.01. The van der Waals surface area contributed by atoms with Crippen molar-refractivity contribution in [2.24, 2.45) is 5.92 Å². The molecule has 0 atom stereocenters. The molecule has 1 saturated carbocycles. The van der Waals surface area contributed by atoms with Crippen LogP contribution in [0.4, 0.5) is 0 Å². The molecular formula is C17H18N2O4. The molecular weight excluding hydrogens is 296 g/mol. The molecule has 1 aliphatic rings. The molecule has 1 N–H and O–H groups in total. The first-order valence-electron chi connectivity index (χ1n) is 7.34. The maximum Gasteiger partial charge on any atom is 0.314 e. The van der Waals surface area contributed by atoms with Crippen LogP contribution in [0.5, 0.6) is 5.75 Å². The largest absolute Gasteiger partial charge is 0.426 e. The van der Waals surface area contributed by atoms with E-state index in [1.54, 1.807) is 24.3 Å². The summed E-state index contributed by atoms with van der Waals surface area (Å²) < 4.78 is 10.1. The van der Waals surface area contributed by atoms with E-state index in [0.717, 1.165) is 12.8 Å². The lowest BCUT2D eigenvalue weighted by molar-refractivity contribution is -0.135. The number of nitrogens with zero attached hydrogens (tertiary/aromatic N) is 1. The molecule has 0 spiro atoms. The van der Waals surface area contributed by atoms with Crippen LogP contribution in [0.25, 0.3) is 6.08 Å². The SMILES string of the molecule is COCCNC(=O)/C(C#N)=C/c1ccc(OC(=O)C2CC2)cc1. The Morgan fingerprint density at radius 2 is 2.04 bits per heavy atom. The van der Waals surface area contributed by atoms with Gasteiger partial charge in [0.15, 0.2) is 0 Å². The fourth-order valence-corrected chi connectivity index (χ4v) is 1.83. The Morgan fingerprint density at radius 3 is 2.61 bits per heavy atom. The fraction of sp³-hybridized carbons (Fsp3) is 0.353. The lowest BCUT2D eigenvalue weighted by Gasteiger charge is -2.05. The Bertz CT molecular complexity index is 640. The Hall–Kier alpha value is -2.65. The predicted molar refractivity (Wildman–Crippen MR) is 83.3 cm³/mol. The van der Waals surface area contributed by atoms with Crippen molar-refractivity contribution in [3.8, 4) is 11.8 Å². The average Bonchev–Trinajstić information content (AvgIpc) is 3.39. The molecule has 1 aromatic rings. The van der Waals surface area contributed by atoms with E-state index >= 15 is 0 Å². The van der Waals surface area contributed by atoms with Gasteiger partial charge in [-0.05, 0) is 36.6 Å². The molecule has 23 heavy (non-hydrogen) atoms. The van der Waals surface area contributed by atoms with Crippen LogP contribution in [0, 0.1) is 17.2 Å². The Kier molecular flexibility index (Phi) is 5.89. The van der Waals surface area contributed by atoms with Crippen LogP contribution < -0.4 is 10.1 Å². The molecule has 1 aromatic carbocycles. The van der Waals surface area contributed by atoms with Crippen LogP contribution in [0.1, 0.15) is 18.4 Å². The van der Waals surface area contributed by atoms with Gasteiger partial charge in [-0.15, -0.1) is 0 Å². The Labute approximate surface area is 134 Å². The highest BCUT2D eigenvalue weighted by Crippen LogP contribution is 2.30. The number of benzene rings is 1. The van der Waals surface area contributed by atoms with Crippen molar-refractivity contribution in [2.75, 3.05) is 20.3 Å². The number of hydrogen-bond acceptors (Lipinski definition) is 5. The van der Waals surface area contributed by atoms with Gasteiger partial charge < -0.3 is 14.8 Å². The zero-order chi connectivity index (χ0) is 16.7. The third-order valence-electron chi connectivity index (χ3n) is 3.28. The molecule has 6 heteroatoms. The minimum Gasteiger partial charge on any atom is -0.426 e. The van der Waals surface area contributed by atoms with E-state index < -0.39 is 5.91 Å². The van der Waals surface area contributed by atoms with Crippen LogP contribution in [0.15, 0.2) is 29.8 Å². The van der Waals surface area contributed by atoms with Crippen molar-refractivity contribution in [1.82, 2.24) is 5.32 Å². The van der Waals surface area contributed by atoms with Crippen molar-refractivity contribution in [1.29, 1.82) is 5.26 Å². The van der Waals surface area contributed by atoms with Crippen molar-refractivity contribution < 1.29 is 19.1 Å². The number of carbonyl (C=O) groups excluding carboxylic acids is 2. The summed E-state index contributed by atoms with van der Waals surface area (Å²) in [7, 11) is 1.53. The first-order chi connectivity index (χ1) is 11.1. The smallest absolute Gasteiger partial charge is 0.314 e. The first-order valence-corrected chi connectivity index (χ1v) is 7.34. The molecule has 1 fully saturated rings. The summed E-state index contributed by atoms with van der Waals surface area (Å²) in [5.74, 6) is -0.157. The van der Waals surface area contributed by atoms with Gasteiger partial charge in [0.2, 0.25) is 0 Å². The quantitative estimate of drug-likeness (QED) is 0.272. The van der Waals surface area contributed by atoms with E-state index in [1.165, 1.54) is 13.2 Å². The average molecular weight is 314 g/mol. The van der Waals surface area contributed by atoms with Gasteiger partial charge in [0.05, 0.1) is 12.5 Å². The van der Waals surface area contributed by atoms with Gasteiger partial charge in [0.25, 0.3) is 5.91 Å². The third-order valence-corrected chi connectivity index (χ3v) is 3.28. The summed E-state index contributed by atoms with van der Waals surface area (Å²) >= 11 is 0. The molecule has 6 nitrogen and oxygen atoms in total. The lowest BCUT2D eigenvalue weighted by atomic mass is 10.1. The van der Waals surface area contributed by atoms with E-state index in [1.807, 2.05) is 6.07 Å². The molecule has 0 radical (unpaired) electrons. The molecule has 0 heterocycles. The zero-order valence-electron chi connectivity index (χ0n) is 12.9. The second-order valence-corrected chi connectivity index (χ2v) is 5.18. The van der Waals surface area contributed by atoms with E-state index in [0.29, 0.717) is 24.5 Å². The summed E-state index contributed by atoms with van der Waals surface area (Å²) in [5.41, 5.74) is 0.679. The van der Waals surface area contributed by atoms with Crippen molar-refractivity contribution in [3.63, 3.8) is 0 Å². The molecule has 0 aliphatic heterocycles. The highest BCUT2D eigenvalue weighted by Gasteiger charge is 2.31. The number of ether oxygens (including phenoxy) is 2. The summed E-state index contributed by atoms with van der Waals surface area (Å²) in [6.07, 6.45) is 3.27. The van der Waals surface area contributed by atoms with Crippen LogP contribution in [-0.4, -0.2) is 32.1 Å². The summed E-state index contributed by atoms with van der Waals surface area (Å²) in [6.45, 7) is 0.718. The number of nitrogens with one attached hydrogen (secondary N) is 1. The van der Waals surface area contributed by atoms with Gasteiger partial charge in [0.1, 0.15) is 17.4 Å². The number of hydrogen-bond donors (Lipinski definition) is 1. The maximum absolute atomic E-state index is 11.8. The van der Waals surface area contributed by atoms with E-state index in [-0.39, 0.29) is 17.5 Å². The Balaban J connectivity index is 1.97. The van der Waals surface area contributed by atoms with Gasteiger partial charge in [-0.3, -0.25) is 9.59 Å². The van der Waals surface area contributed by atoms with Gasteiger partial charge in [0, 0.05) is 13.7 Å². The number of methoxy groups -OCH3 is 1. The standard InChI is InChI=1S/C17H18N2O4/c1-22-9-8-19-16(20)14(11-18)10-12-2-6-15(7-3-12)23-17(21)13-4-5-13/h2-3,6-7,10,13H,4-5,8-9H2,1H3,(H,19,20)/b14-10+. The number of esters is 1. The van der Waals surface area contributed by atoms with Crippen molar-refractivity contribution in [2.45, 2.75) is 12.8 Å². The topological polar surface area (TPSA) is 88.4 Å². The van der Waals surface area contributed by atoms with E-state index in [2.05, 4.69) is 5.32 Å². The highest BCUT2D eigenvalue weighted by atomic mass is 16.5. The van der Waals surface area contributed by atoms with Crippen LogP contribution in [0.2, 0.25) is 0 Å². The van der Waals surface area contributed by atoms with Gasteiger partial charge in [-0.25, -0.2) is 0 Å². The van der Waals surface area contributed by atoms with Crippen LogP contribution >= 0.6 is 0 Å². The fourth-order valence-electron chi connectivity index (χ4n) is 1.83. The number of amides is 1. The normalized spacial score (nSPS) is 14.0. The summed E-state index contributed by atoms with van der Waals surface area (Å²) in [6, 6.07) is 8.54. The molecule has 0 saturated heterocycles. The van der Waals surface area contributed by atoms with Gasteiger partial charge in [-0.2, -0.15) is 5.26 Å². The third kappa shape index (κ3) is 5.24. The van der Waals surface area contributed by atoms with Gasteiger partial charge in [-0.1, -0.05) is 12.1 Å².